The molecule has 0 amide bonds. The summed E-state index contributed by atoms with van der Waals surface area (Å²) in [5.41, 5.74) is 1.18. The molecule has 1 rings (SSSR count). The van der Waals surface area contributed by atoms with Gasteiger partial charge in [-0.05, 0) is 25.0 Å². The van der Waals surface area contributed by atoms with Crippen molar-refractivity contribution in [2.24, 2.45) is 0 Å². The van der Waals surface area contributed by atoms with Gasteiger partial charge in [-0.1, -0.05) is 44.4 Å². The Balaban J connectivity index is 1.99. The molecule has 0 N–H and O–H groups in total. The van der Waals surface area contributed by atoms with Crippen molar-refractivity contribution in [1.82, 2.24) is 0 Å². The highest BCUT2D eigenvalue weighted by atomic mass is 16.5. The molecule has 2 heteroatoms. The first-order valence-corrected chi connectivity index (χ1v) is 6.60. The molecule has 0 spiro atoms. The third-order valence-electron chi connectivity index (χ3n) is 2.72. The maximum Gasteiger partial charge on any atom is 0.122 e. The zero-order valence-corrected chi connectivity index (χ0v) is 11.1. The van der Waals surface area contributed by atoms with Gasteiger partial charge in [0.05, 0.1) is 6.61 Å². The molecule has 0 saturated carbocycles. The molecule has 17 heavy (non-hydrogen) atoms. The highest BCUT2D eigenvalue weighted by molar-refractivity contribution is 5.31. The molecule has 1 aromatic carbocycles. The first kappa shape index (κ1) is 14.0. The number of hydrogen-bond acceptors (Lipinski definition) is 2. The maximum atomic E-state index is 5.64. The normalized spacial score (nSPS) is 10.5. The molecule has 0 fully saturated rings. The number of unbranched alkanes of at least 4 members (excludes halogenated alkanes) is 3. The first-order chi connectivity index (χ1) is 8.34. The van der Waals surface area contributed by atoms with Gasteiger partial charge < -0.3 is 9.47 Å². The molecular formula is C15H24O2. The molecule has 0 bridgehead atoms. The lowest BCUT2D eigenvalue weighted by atomic mass is 10.2. The lowest BCUT2D eigenvalue weighted by Crippen LogP contribution is -2.08. The molecule has 1 aromatic rings. The summed E-state index contributed by atoms with van der Waals surface area (Å²) >= 11 is 0. The topological polar surface area (TPSA) is 18.5 Å². The number of hydrogen-bond donors (Lipinski definition) is 0. The number of benzene rings is 1. The fourth-order valence-corrected chi connectivity index (χ4v) is 1.66. The standard InChI is InChI=1S/C15H24O2/c1-3-4-5-8-11-16-12-13-17-15-10-7-6-9-14(15)2/h6-7,9-10H,3-5,8,11-13H2,1-2H3. The summed E-state index contributed by atoms with van der Waals surface area (Å²) in [6, 6.07) is 8.07. The molecule has 0 radical (unpaired) electrons. The van der Waals surface area contributed by atoms with Crippen LogP contribution in [0.3, 0.4) is 0 Å². The van der Waals surface area contributed by atoms with Crippen LogP contribution in [0.25, 0.3) is 0 Å². The van der Waals surface area contributed by atoms with E-state index in [1.54, 1.807) is 0 Å². The van der Waals surface area contributed by atoms with Gasteiger partial charge in [-0.15, -0.1) is 0 Å². The summed E-state index contributed by atoms with van der Waals surface area (Å²) in [6.07, 6.45) is 5.02. The van der Waals surface area contributed by atoms with E-state index >= 15 is 0 Å². The average molecular weight is 236 g/mol. The molecular weight excluding hydrogens is 212 g/mol. The van der Waals surface area contributed by atoms with Gasteiger partial charge >= 0.3 is 0 Å². The van der Waals surface area contributed by atoms with E-state index in [4.69, 9.17) is 9.47 Å². The minimum Gasteiger partial charge on any atom is -0.491 e. The van der Waals surface area contributed by atoms with Crippen molar-refractivity contribution in [2.45, 2.75) is 39.5 Å². The molecule has 0 aliphatic rings. The Morgan fingerprint density at radius 3 is 2.53 bits per heavy atom. The number of para-hydroxylation sites is 1. The van der Waals surface area contributed by atoms with E-state index in [-0.39, 0.29) is 0 Å². The SMILES string of the molecule is CCCCCCOCCOc1ccccc1C. The van der Waals surface area contributed by atoms with E-state index in [0.29, 0.717) is 13.2 Å². The van der Waals surface area contributed by atoms with Crippen LogP contribution in [0.1, 0.15) is 38.2 Å². The van der Waals surface area contributed by atoms with Crippen LogP contribution in [0.15, 0.2) is 24.3 Å². The summed E-state index contributed by atoms with van der Waals surface area (Å²) in [6.45, 7) is 6.45. The lowest BCUT2D eigenvalue weighted by molar-refractivity contribution is 0.0969. The van der Waals surface area contributed by atoms with Crippen LogP contribution in [0, 0.1) is 6.92 Å². The Bertz CT molecular complexity index is 297. The van der Waals surface area contributed by atoms with E-state index in [2.05, 4.69) is 19.9 Å². The Morgan fingerprint density at radius 1 is 0.941 bits per heavy atom. The van der Waals surface area contributed by atoms with Gasteiger partial charge in [0.15, 0.2) is 0 Å². The van der Waals surface area contributed by atoms with Gasteiger partial charge in [0.1, 0.15) is 12.4 Å². The molecule has 0 unspecified atom stereocenters. The third kappa shape index (κ3) is 6.32. The Kier molecular flexibility index (Phi) is 7.48. The number of aryl methyl sites for hydroxylation is 1. The highest BCUT2D eigenvalue weighted by Gasteiger charge is 1.97. The predicted octanol–water partition coefficient (Wildman–Crippen LogP) is 3.97. The summed E-state index contributed by atoms with van der Waals surface area (Å²) in [5, 5.41) is 0. The summed E-state index contributed by atoms with van der Waals surface area (Å²) in [7, 11) is 0. The second-order valence-corrected chi connectivity index (χ2v) is 4.29. The maximum absolute atomic E-state index is 5.64. The van der Waals surface area contributed by atoms with Crippen molar-refractivity contribution in [3.63, 3.8) is 0 Å². The van der Waals surface area contributed by atoms with Gasteiger partial charge in [0.2, 0.25) is 0 Å². The van der Waals surface area contributed by atoms with E-state index in [0.717, 1.165) is 18.8 Å². The minimum absolute atomic E-state index is 0.638. The van der Waals surface area contributed by atoms with Crippen molar-refractivity contribution in [3.05, 3.63) is 29.8 Å². The molecule has 0 aromatic heterocycles. The quantitative estimate of drug-likeness (QED) is 0.604. The zero-order chi connectivity index (χ0) is 12.3. The monoisotopic (exact) mass is 236 g/mol. The summed E-state index contributed by atoms with van der Waals surface area (Å²) in [4.78, 5) is 0. The molecule has 0 aliphatic heterocycles. The lowest BCUT2D eigenvalue weighted by Gasteiger charge is -2.09. The summed E-state index contributed by atoms with van der Waals surface area (Å²) in [5.74, 6) is 0.960. The Morgan fingerprint density at radius 2 is 1.76 bits per heavy atom. The van der Waals surface area contributed by atoms with E-state index in [1.807, 2.05) is 18.2 Å². The van der Waals surface area contributed by atoms with Gasteiger partial charge in [0, 0.05) is 6.61 Å². The highest BCUT2D eigenvalue weighted by Crippen LogP contribution is 2.15. The first-order valence-electron chi connectivity index (χ1n) is 6.60. The fourth-order valence-electron chi connectivity index (χ4n) is 1.66. The van der Waals surface area contributed by atoms with Crippen LogP contribution in [-0.4, -0.2) is 19.8 Å². The van der Waals surface area contributed by atoms with E-state index in [1.165, 1.54) is 24.8 Å². The second kappa shape index (κ2) is 9.06. The van der Waals surface area contributed by atoms with Crippen LogP contribution in [0.2, 0.25) is 0 Å². The van der Waals surface area contributed by atoms with Crippen LogP contribution >= 0.6 is 0 Å². The van der Waals surface area contributed by atoms with Gasteiger partial charge in [0.25, 0.3) is 0 Å². The van der Waals surface area contributed by atoms with Gasteiger partial charge in [-0.2, -0.15) is 0 Å². The van der Waals surface area contributed by atoms with Gasteiger partial charge in [-0.3, -0.25) is 0 Å². The number of rotatable bonds is 9. The van der Waals surface area contributed by atoms with Crippen molar-refractivity contribution in [3.8, 4) is 5.75 Å². The zero-order valence-electron chi connectivity index (χ0n) is 11.1. The van der Waals surface area contributed by atoms with Crippen LogP contribution in [0.5, 0.6) is 5.75 Å². The van der Waals surface area contributed by atoms with Gasteiger partial charge in [-0.25, -0.2) is 0 Å². The summed E-state index contributed by atoms with van der Waals surface area (Å²) < 4.78 is 11.2. The van der Waals surface area contributed by atoms with E-state index in [9.17, 15) is 0 Å². The van der Waals surface area contributed by atoms with Crippen molar-refractivity contribution in [1.29, 1.82) is 0 Å². The van der Waals surface area contributed by atoms with Crippen LogP contribution < -0.4 is 4.74 Å². The minimum atomic E-state index is 0.638. The third-order valence-corrected chi connectivity index (χ3v) is 2.72. The molecule has 0 atom stereocenters. The van der Waals surface area contributed by atoms with E-state index < -0.39 is 0 Å². The predicted molar refractivity (Wildman–Crippen MR) is 71.6 cm³/mol. The Labute approximate surface area is 105 Å². The second-order valence-electron chi connectivity index (χ2n) is 4.29. The Hall–Kier alpha value is -1.02. The number of ether oxygens (including phenoxy) is 2. The van der Waals surface area contributed by atoms with Crippen molar-refractivity contribution < 1.29 is 9.47 Å². The smallest absolute Gasteiger partial charge is 0.122 e. The molecule has 0 saturated heterocycles. The average Bonchev–Trinajstić information content (AvgIpc) is 2.35. The van der Waals surface area contributed by atoms with Crippen molar-refractivity contribution in [2.75, 3.05) is 19.8 Å². The molecule has 0 heterocycles. The van der Waals surface area contributed by atoms with Crippen molar-refractivity contribution >= 4 is 0 Å². The molecule has 2 nitrogen and oxygen atoms in total. The van der Waals surface area contributed by atoms with Crippen LogP contribution in [-0.2, 0) is 4.74 Å². The molecule has 96 valence electrons. The largest absolute Gasteiger partial charge is 0.491 e. The molecule has 0 aliphatic carbocycles. The fraction of sp³-hybridized carbons (Fsp3) is 0.600. The van der Waals surface area contributed by atoms with Crippen LogP contribution in [0.4, 0.5) is 0 Å².